The molecule has 2 heterocycles. The van der Waals surface area contributed by atoms with E-state index < -0.39 is 62.5 Å². The molecule has 1 aromatic heterocycles. The fourth-order valence-corrected chi connectivity index (χ4v) is 6.14. The number of hydrogen-bond donors (Lipinski definition) is 5. The van der Waals surface area contributed by atoms with Gasteiger partial charge in [-0.1, -0.05) is 48.5 Å². The third kappa shape index (κ3) is 7.21. The lowest BCUT2D eigenvalue weighted by Crippen LogP contribution is -2.48. The molecule has 0 radical (unpaired) electrons. The summed E-state index contributed by atoms with van der Waals surface area (Å²) in [5, 5.41) is 17.3. The number of nitrogens with zero attached hydrogens (tertiary/aromatic N) is 2. The molecular weight excluding hydrogens is 622 g/mol. The van der Waals surface area contributed by atoms with Gasteiger partial charge in [-0.05, 0) is 30.2 Å². The van der Waals surface area contributed by atoms with E-state index in [4.69, 9.17) is 0 Å². The van der Waals surface area contributed by atoms with Gasteiger partial charge < -0.3 is 25.6 Å². The molecule has 1 atom stereocenters. The number of hydrogen-bond acceptors (Lipinski definition) is 8. The minimum Gasteiger partial charge on any atom is -0.480 e. The number of amides is 1. The number of aromatic nitrogens is 1. The Labute approximate surface area is 262 Å². The van der Waals surface area contributed by atoms with Crippen molar-refractivity contribution in [2.45, 2.75) is 30.4 Å². The van der Waals surface area contributed by atoms with Crippen molar-refractivity contribution >= 4 is 38.8 Å². The first-order chi connectivity index (χ1) is 22.0. The molecule has 1 aliphatic rings. The Morgan fingerprint density at radius 3 is 2.41 bits per heavy atom. The van der Waals surface area contributed by atoms with E-state index in [1.807, 2.05) is 35.1 Å². The van der Waals surface area contributed by atoms with E-state index in [1.54, 1.807) is 6.07 Å². The maximum absolute atomic E-state index is 16.0. The number of benzene rings is 3. The van der Waals surface area contributed by atoms with Crippen LogP contribution in [0.25, 0.3) is 10.9 Å². The number of nitrogens with one attached hydrogen (secondary N) is 4. The van der Waals surface area contributed by atoms with E-state index >= 15 is 8.78 Å². The highest BCUT2D eigenvalue weighted by atomic mass is 32.2. The van der Waals surface area contributed by atoms with Crippen molar-refractivity contribution in [3.05, 3.63) is 111 Å². The fourth-order valence-electron chi connectivity index (χ4n) is 4.93. The summed E-state index contributed by atoms with van der Waals surface area (Å²) in [5.41, 5.74) is -1.16. The van der Waals surface area contributed by atoms with E-state index in [2.05, 4.69) is 20.9 Å². The van der Waals surface area contributed by atoms with Gasteiger partial charge in [-0.25, -0.2) is 17.2 Å². The third-order valence-corrected chi connectivity index (χ3v) is 8.79. The molecule has 46 heavy (non-hydrogen) atoms. The predicted octanol–water partition coefficient (Wildman–Crippen LogP) is 1.73. The fraction of sp³-hybridized carbons (Fsp3) is 0.226. The van der Waals surface area contributed by atoms with Crippen molar-refractivity contribution < 1.29 is 31.9 Å². The first-order valence-electron chi connectivity index (χ1n) is 14.2. The average Bonchev–Trinajstić information content (AvgIpc) is 3.57. The molecule has 0 saturated heterocycles. The minimum atomic E-state index is -4.27. The zero-order chi connectivity index (χ0) is 32.8. The van der Waals surface area contributed by atoms with Gasteiger partial charge in [0.15, 0.2) is 11.8 Å². The average molecular weight is 653 g/mol. The highest BCUT2D eigenvalue weighted by Gasteiger charge is 2.27. The number of carbonyl (C=O) groups excluding carboxylic acids is 1. The van der Waals surface area contributed by atoms with Gasteiger partial charge in [0, 0.05) is 37.9 Å². The van der Waals surface area contributed by atoms with Gasteiger partial charge in [0.2, 0.25) is 15.5 Å². The van der Waals surface area contributed by atoms with Crippen molar-refractivity contribution in [1.29, 1.82) is 0 Å². The second kappa shape index (κ2) is 13.9. The first-order valence-corrected chi connectivity index (χ1v) is 15.7. The van der Waals surface area contributed by atoms with E-state index in [-0.39, 0.29) is 29.1 Å². The van der Waals surface area contributed by atoms with E-state index in [9.17, 15) is 27.9 Å². The lowest BCUT2D eigenvalue weighted by atomic mass is 10.0. The molecule has 0 bridgehead atoms. The normalized spacial score (nSPS) is 13.6. The molecule has 15 heteroatoms. The highest BCUT2D eigenvalue weighted by Crippen LogP contribution is 2.24. The number of pyridine rings is 1. The van der Waals surface area contributed by atoms with Crippen LogP contribution >= 0.6 is 0 Å². The Morgan fingerprint density at radius 2 is 1.76 bits per heavy atom. The molecule has 1 aliphatic heterocycles. The molecule has 5 N–H and O–H groups in total. The summed E-state index contributed by atoms with van der Waals surface area (Å²) in [6.07, 6.45) is 1.50. The molecule has 3 aromatic carbocycles. The summed E-state index contributed by atoms with van der Waals surface area (Å²) >= 11 is 0. The Morgan fingerprint density at radius 1 is 1.07 bits per heavy atom. The van der Waals surface area contributed by atoms with Crippen LogP contribution in [0.4, 0.5) is 8.78 Å². The predicted molar refractivity (Wildman–Crippen MR) is 166 cm³/mol. The van der Waals surface area contributed by atoms with Crippen LogP contribution in [0.3, 0.4) is 0 Å². The second-order valence-corrected chi connectivity index (χ2v) is 12.1. The molecule has 0 saturated carbocycles. The molecular formula is C31H30F2N6O6S. The number of sulfonamides is 1. The molecule has 5 rings (SSSR count). The van der Waals surface area contributed by atoms with Crippen LogP contribution in [-0.2, 0) is 34.3 Å². The van der Waals surface area contributed by atoms with Gasteiger partial charge in [-0.15, -0.1) is 0 Å². The van der Waals surface area contributed by atoms with Gasteiger partial charge >= 0.3 is 5.97 Å². The highest BCUT2D eigenvalue weighted by molar-refractivity contribution is 7.89. The molecule has 4 aromatic rings. The molecule has 0 spiro atoms. The lowest BCUT2D eigenvalue weighted by Gasteiger charge is -2.18. The minimum absolute atomic E-state index is 0.0966. The number of rotatable bonds is 12. The van der Waals surface area contributed by atoms with Crippen LogP contribution in [0.2, 0.25) is 0 Å². The number of aliphatic imine (C=N–C) groups is 1. The lowest BCUT2D eigenvalue weighted by molar-refractivity contribution is -0.138. The quantitative estimate of drug-likeness (QED) is 0.154. The summed E-state index contributed by atoms with van der Waals surface area (Å²) in [6, 6.07) is 15.3. The SMILES string of the molecule is O=C(NCC(NS(=O)(=O)c1ccccc1)C(=O)O)c1cn(CCc2ccccc2)c2c(F)c(CNC3=NCCN3)c(F)cc2c1=O. The zero-order valence-electron chi connectivity index (χ0n) is 24.3. The number of aryl methyl sites for hydroxylation is 2. The Hall–Kier alpha value is -5.15. The van der Waals surface area contributed by atoms with Crippen LogP contribution in [0, 0.1) is 11.6 Å². The molecule has 240 valence electrons. The number of fused-ring (bicyclic) bond motifs is 1. The van der Waals surface area contributed by atoms with Gasteiger partial charge in [0.1, 0.15) is 17.4 Å². The van der Waals surface area contributed by atoms with Crippen LogP contribution in [-0.4, -0.2) is 61.6 Å². The van der Waals surface area contributed by atoms with Gasteiger partial charge in [-0.3, -0.25) is 19.4 Å². The Bertz CT molecular complexity index is 1970. The second-order valence-electron chi connectivity index (χ2n) is 10.4. The summed E-state index contributed by atoms with van der Waals surface area (Å²) in [6.45, 7) is 0.207. The van der Waals surface area contributed by atoms with Gasteiger partial charge in [0.05, 0.1) is 22.3 Å². The van der Waals surface area contributed by atoms with Crippen LogP contribution < -0.4 is 26.1 Å². The largest absolute Gasteiger partial charge is 0.480 e. The van der Waals surface area contributed by atoms with E-state index in [0.29, 0.717) is 25.5 Å². The van der Waals surface area contributed by atoms with Crippen molar-refractivity contribution in [2.75, 3.05) is 19.6 Å². The Balaban J connectivity index is 1.46. The summed E-state index contributed by atoms with van der Waals surface area (Å²) < 4.78 is 60.0. The molecule has 1 unspecified atom stereocenters. The van der Waals surface area contributed by atoms with Gasteiger partial charge in [-0.2, -0.15) is 4.72 Å². The number of carboxylic acids is 1. The maximum Gasteiger partial charge on any atom is 0.323 e. The summed E-state index contributed by atoms with van der Waals surface area (Å²) in [7, 11) is -4.27. The van der Waals surface area contributed by atoms with E-state index in [1.165, 1.54) is 28.8 Å². The van der Waals surface area contributed by atoms with Crippen molar-refractivity contribution in [1.82, 2.24) is 25.2 Å². The number of carbonyl (C=O) groups is 2. The first kappa shape index (κ1) is 32.2. The van der Waals surface area contributed by atoms with Gasteiger partial charge in [0.25, 0.3) is 5.91 Å². The van der Waals surface area contributed by atoms with Crippen LogP contribution in [0.5, 0.6) is 0 Å². The molecule has 0 fully saturated rings. The standard InChI is InChI=1S/C31H30F2N6O6S/c32-24-15-21-27(26(33)22(24)16-37-31-34-12-13-35-31)39(14-11-19-7-3-1-4-8-19)18-23(28(21)40)29(41)36-17-25(30(42)43)38-46(44,45)20-9-5-2-6-10-20/h1-10,15,18,25,38H,11-14,16-17H2,(H,36,41)(H,42,43)(H2,34,35,37). The van der Waals surface area contributed by atoms with Crippen LogP contribution in [0.15, 0.2) is 87.6 Å². The van der Waals surface area contributed by atoms with Crippen molar-refractivity contribution in [2.24, 2.45) is 4.99 Å². The number of carboxylic acid groups (broad SMARTS) is 1. The molecule has 12 nitrogen and oxygen atoms in total. The van der Waals surface area contributed by atoms with Crippen molar-refractivity contribution in [3.8, 4) is 0 Å². The Kier molecular flexibility index (Phi) is 9.72. The van der Waals surface area contributed by atoms with E-state index in [0.717, 1.165) is 17.8 Å². The number of halogens is 2. The number of guanidine groups is 1. The third-order valence-electron chi connectivity index (χ3n) is 7.30. The smallest absolute Gasteiger partial charge is 0.323 e. The molecule has 1 amide bonds. The summed E-state index contributed by atoms with van der Waals surface area (Å²) in [5.74, 6) is -4.25. The zero-order valence-corrected chi connectivity index (χ0v) is 25.1. The summed E-state index contributed by atoms with van der Waals surface area (Å²) in [4.78, 5) is 42.6. The van der Waals surface area contributed by atoms with Crippen LogP contribution in [0.1, 0.15) is 21.5 Å². The number of aliphatic carboxylic acids is 1. The maximum atomic E-state index is 16.0. The molecule has 0 aliphatic carbocycles. The van der Waals surface area contributed by atoms with Crippen molar-refractivity contribution in [3.63, 3.8) is 0 Å². The topological polar surface area (TPSA) is 171 Å². The monoisotopic (exact) mass is 652 g/mol.